The number of nitrogens with one attached hydrogen (secondary N) is 1. The molecule has 1 saturated heterocycles. The van der Waals surface area contributed by atoms with E-state index >= 15 is 0 Å². The zero-order chi connectivity index (χ0) is 19.5. The van der Waals surface area contributed by atoms with Gasteiger partial charge in [0, 0.05) is 51.2 Å². The van der Waals surface area contributed by atoms with Crippen LogP contribution in [0.15, 0.2) is 36.9 Å². The van der Waals surface area contributed by atoms with Gasteiger partial charge in [-0.3, -0.25) is 4.79 Å². The van der Waals surface area contributed by atoms with Crippen LogP contribution in [0.25, 0.3) is 11.2 Å². The minimum atomic E-state index is -0.162. The van der Waals surface area contributed by atoms with Crippen LogP contribution < -0.4 is 10.2 Å². The Morgan fingerprint density at radius 3 is 2.93 bits per heavy atom. The van der Waals surface area contributed by atoms with Gasteiger partial charge in [0.25, 0.3) is 5.91 Å². The van der Waals surface area contributed by atoms with E-state index in [9.17, 15) is 4.79 Å². The van der Waals surface area contributed by atoms with Gasteiger partial charge in [-0.05, 0) is 32.1 Å². The summed E-state index contributed by atoms with van der Waals surface area (Å²) in [6, 6.07) is 5.71. The van der Waals surface area contributed by atoms with Crippen molar-refractivity contribution in [3.8, 4) is 0 Å². The first-order chi connectivity index (χ1) is 13.6. The summed E-state index contributed by atoms with van der Waals surface area (Å²) in [5.74, 6) is 0.793. The van der Waals surface area contributed by atoms with Crippen molar-refractivity contribution in [2.45, 2.75) is 13.0 Å². The van der Waals surface area contributed by atoms with Gasteiger partial charge in [-0.25, -0.2) is 15.0 Å². The van der Waals surface area contributed by atoms with Gasteiger partial charge in [-0.2, -0.15) is 0 Å². The minimum absolute atomic E-state index is 0.162. The zero-order valence-corrected chi connectivity index (χ0v) is 16.3. The minimum Gasteiger partial charge on any atom is -0.355 e. The lowest BCUT2D eigenvalue weighted by molar-refractivity contribution is 0.0950. The molecule has 0 spiro atoms. The Labute approximate surface area is 164 Å². The third kappa shape index (κ3) is 3.82. The van der Waals surface area contributed by atoms with E-state index in [4.69, 9.17) is 0 Å². The molecule has 0 radical (unpaired) electrons. The van der Waals surface area contributed by atoms with Gasteiger partial charge in [-0.1, -0.05) is 6.07 Å². The van der Waals surface area contributed by atoms with Gasteiger partial charge < -0.3 is 19.7 Å². The molecule has 0 bridgehead atoms. The Morgan fingerprint density at radius 2 is 2.04 bits per heavy atom. The molecule has 146 valence electrons. The molecule has 3 aromatic heterocycles. The highest BCUT2D eigenvalue weighted by Crippen LogP contribution is 2.19. The van der Waals surface area contributed by atoms with Gasteiger partial charge >= 0.3 is 0 Å². The third-order valence-electron chi connectivity index (χ3n) is 5.14. The first-order valence-corrected chi connectivity index (χ1v) is 9.54. The smallest absolute Gasteiger partial charge is 0.253 e. The van der Waals surface area contributed by atoms with Crippen molar-refractivity contribution < 1.29 is 4.79 Å². The molecule has 1 amide bonds. The maximum atomic E-state index is 12.6. The highest BCUT2D eigenvalue weighted by molar-refractivity contribution is 5.96. The van der Waals surface area contributed by atoms with Gasteiger partial charge in [0.2, 0.25) is 0 Å². The average molecular weight is 379 g/mol. The molecule has 4 rings (SSSR count). The molecule has 0 aromatic carbocycles. The normalized spacial score (nSPS) is 15.6. The number of rotatable bonds is 4. The summed E-state index contributed by atoms with van der Waals surface area (Å²) < 4.78 is 1.83. The van der Waals surface area contributed by atoms with Gasteiger partial charge in [0.15, 0.2) is 5.65 Å². The van der Waals surface area contributed by atoms with E-state index in [2.05, 4.69) is 37.1 Å². The van der Waals surface area contributed by atoms with Crippen molar-refractivity contribution >= 4 is 22.9 Å². The molecule has 8 nitrogen and oxygen atoms in total. The third-order valence-corrected chi connectivity index (χ3v) is 5.14. The van der Waals surface area contributed by atoms with Crippen LogP contribution in [0.1, 0.15) is 22.3 Å². The summed E-state index contributed by atoms with van der Waals surface area (Å²) in [6.45, 7) is 4.45. The molecule has 4 heterocycles. The molecular formula is C20H25N7O. The van der Waals surface area contributed by atoms with Crippen molar-refractivity contribution in [2.24, 2.45) is 7.05 Å². The van der Waals surface area contributed by atoms with Gasteiger partial charge in [-0.15, -0.1) is 0 Å². The molecule has 0 saturated carbocycles. The van der Waals surface area contributed by atoms with E-state index in [1.807, 2.05) is 29.9 Å². The molecule has 1 aliphatic rings. The predicted molar refractivity (Wildman–Crippen MR) is 108 cm³/mol. The van der Waals surface area contributed by atoms with Crippen LogP contribution in [-0.2, 0) is 13.6 Å². The second kappa shape index (κ2) is 7.93. The number of aryl methyl sites for hydroxylation is 1. The van der Waals surface area contributed by atoms with Crippen LogP contribution in [0, 0.1) is 0 Å². The first-order valence-electron chi connectivity index (χ1n) is 9.54. The Balaban J connectivity index is 1.47. The maximum Gasteiger partial charge on any atom is 0.253 e. The number of fused-ring (bicyclic) bond motifs is 1. The largest absolute Gasteiger partial charge is 0.355 e. The summed E-state index contributed by atoms with van der Waals surface area (Å²) in [7, 11) is 4.03. The van der Waals surface area contributed by atoms with Crippen LogP contribution in [0.2, 0.25) is 0 Å². The van der Waals surface area contributed by atoms with Gasteiger partial charge in [0.1, 0.15) is 11.3 Å². The Morgan fingerprint density at radius 1 is 1.14 bits per heavy atom. The summed E-state index contributed by atoms with van der Waals surface area (Å²) >= 11 is 0. The number of aromatic nitrogens is 4. The fourth-order valence-corrected chi connectivity index (χ4v) is 3.53. The second-order valence-corrected chi connectivity index (χ2v) is 7.23. The maximum absolute atomic E-state index is 12.6. The van der Waals surface area contributed by atoms with Crippen LogP contribution in [0.5, 0.6) is 0 Å². The molecule has 8 heteroatoms. The van der Waals surface area contributed by atoms with E-state index in [0.717, 1.165) is 49.6 Å². The standard InChI is InChI=1S/C20H25N7O/c1-25-7-4-8-27(10-9-25)18-15(5-3-6-21-18)12-23-20(28)16-11-17-19(22-13-16)26(2)14-24-17/h3,5-6,11,13-14H,4,7-10,12H2,1-2H3,(H,23,28). The van der Waals surface area contributed by atoms with E-state index in [-0.39, 0.29) is 5.91 Å². The molecule has 1 aliphatic heterocycles. The van der Waals surface area contributed by atoms with E-state index in [1.54, 1.807) is 18.6 Å². The van der Waals surface area contributed by atoms with E-state index < -0.39 is 0 Å². The Bertz CT molecular complexity index is 984. The van der Waals surface area contributed by atoms with Crippen molar-refractivity contribution in [2.75, 3.05) is 38.1 Å². The summed E-state index contributed by atoms with van der Waals surface area (Å²) in [5.41, 5.74) is 3.00. The van der Waals surface area contributed by atoms with Crippen molar-refractivity contribution in [3.05, 3.63) is 48.0 Å². The fourth-order valence-electron chi connectivity index (χ4n) is 3.53. The average Bonchev–Trinajstić information content (AvgIpc) is 2.94. The van der Waals surface area contributed by atoms with Crippen LogP contribution in [0.4, 0.5) is 5.82 Å². The molecular weight excluding hydrogens is 354 g/mol. The fraction of sp³-hybridized carbons (Fsp3) is 0.400. The number of hydrogen-bond donors (Lipinski definition) is 1. The lowest BCUT2D eigenvalue weighted by atomic mass is 10.2. The Kier molecular flexibility index (Phi) is 5.21. The quantitative estimate of drug-likeness (QED) is 0.739. The van der Waals surface area contributed by atoms with Crippen LogP contribution in [-0.4, -0.2) is 63.6 Å². The number of hydrogen-bond acceptors (Lipinski definition) is 6. The van der Waals surface area contributed by atoms with Gasteiger partial charge in [0.05, 0.1) is 11.9 Å². The predicted octanol–water partition coefficient (Wildman–Crippen LogP) is 1.44. The van der Waals surface area contributed by atoms with Crippen molar-refractivity contribution in [1.29, 1.82) is 0 Å². The second-order valence-electron chi connectivity index (χ2n) is 7.23. The first kappa shape index (κ1) is 18.4. The monoisotopic (exact) mass is 379 g/mol. The molecule has 3 aromatic rings. The SMILES string of the molecule is CN1CCCN(c2ncccc2CNC(=O)c2cnc3c(c2)ncn3C)CC1. The number of pyridine rings is 2. The zero-order valence-electron chi connectivity index (χ0n) is 16.3. The number of carbonyl (C=O) groups is 1. The molecule has 0 atom stereocenters. The summed E-state index contributed by atoms with van der Waals surface area (Å²) in [4.78, 5) is 30.5. The lowest BCUT2D eigenvalue weighted by Gasteiger charge is -2.24. The van der Waals surface area contributed by atoms with Crippen LogP contribution >= 0.6 is 0 Å². The number of carbonyl (C=O) groups excluding carboxylic acids is 1. The molecule has 1 N–H and O–H groups in total. The lowest BCUT2D eigenvalue weighted by Crippen LogP contribution is -2.31. The number of imidazole rings is 1. The highest BCUT2D eigenvalue weighted by atomic mass is 16.1. The molecule has 0 unspecified atom stereocenters. The number of amides is 1. The molecule has 0 aliphatic carbocycles. The van der Waals surface area contributed by atoms with E-state index in [0.29, 0.717) is 17.6 Å². The van der Waals surface area contributed by atoms with Crippen molar-refractivity contribution in [1.82, 2.24) is 29.7 Å². The topological polar surface area (TPSA) is 79.2 Å². The molecule has 28 heavy (non-hydrogen) atoms. The number of likely N-dealkylation sites (N-methyl/N-ethyl adjacent to an activating group) is 1. The van der Waals surface area contributed by atoms with Crippen LogP contribution in [0.3, 0.4) is 0 Å². The summed E-state index contributed by atoms with van der Waals surface area (Å²) in [6.07, 6.45) is 6.21. The Hall–Kier alpha value is -3.00. The van der Waals surface area contributed by atoms with Crippen molar-refractivity contribution in [3.63, 3.8) is 0 Å². The number of nitrogens with zero attached hydrogens (tertiary/aromatic N) is 6. The highest BCUT2D eigenvalue weighted by Gasteiger charge is 2.17. The summed E-state index contributed by atoms with van der Waals surface area (Å²) in [5, 5.41) is 3.00. The van der Waals surface area contributed by atoms with E-state index in [1.165, 1.54) is 0 Å². The molecule has 1 fully saturated rings. The number of anilines is 1.